The molecule has 222 valence electrons. The maximum Gasteiger partial charge on any atom is 0.160 e. The average Bonchev–Trinajstić information content (AvgIpc) is 3.36. The maximum atomic E-state index is 5.08. The van der Waals surface area contributed by atoms with Gasteiger partial charge in [-0.2, -0.15) is 0 Å². The molecule has 0 amide bonds. The molecule has 47 heavy (non-hydrogen) atoms. The molecule has 3 nitrogen and oxygen atoms in total. The summed E-state index contributed by atoms with van der Waals surface area (Å²) in [6.45, 7) is 4.70. The quantitative estimate of drug-likeness (QED) is 0.201. The topological polar surface area (TPSA) is 38.7 Å². The first-order valence-electron chi connectivity index (χ1n) is 16.1. The predicted molar refractivity (Wildman–Crippen MR) is 194 cm³/mol. The summed E-state index contributed by atoms with van der Waals surface area (Å²) in [5, 5.41) is 3.65. The zero-order valence-corrected chi connectivity index (χ0v) is 26.3. The number of hydrogen-bond acceptors (Lipinski definition) is 3. The van der Waals surface area contributed by atoms with Gasteiger partial charge in [-0.1, -0.05) is 123 Å². The second-order valence-electron chi connectivity index (χ2n) is 12.9. The monoisotopic (exact) mass is 601 g/mol. The zero-order chi connectivity index (χ0) is 31.5. The molecule has 0 radical (unpaired) electrons. The number of fused-ring (bicyclic) bond motifs is 5. The minimum Gasteiger partial charge on any atom is -0.256 e. The smallest absolute Gasteiger partial charge is 0.160 e. The van der Waals surface area contributed by atoms with Crippen molar-refractivity contribution in [2.45, 2.75) is 19.3 Å². The third-order valence-electron chi connectivity index (χ3n) is 9.71. The van der Waals surface area contributed by atoms with Crippen LogP contribution in [0.25, 0.3) is 77.8 Å². The van der Waals surface area contributed by atoms with Crippen LogP contribution in [0, 0.1) is 0 Å². The molecule has 0 bridgehead atoms. The number of hydrogen-bond donors (Lipinski definition) is 0. The molecular weight excluding hydrogens is 571 g/mol. The van der Waals surface area contributed by atoms with Crippen molar-refractivity contribution in [1.29, 1.82) is 0 Å². The Morgan fingerprint density at radius 1 is 0.447 bits per heavy atom. The minimum absolute atomic E-state index is 0.0747. The molecule has 0 N–H and O–H groups in total. The maximum absolute atomic E-state index is 5.08. The Labute approximate surface area is 274 Å². The molecule has 6 aromatic carbocycles. The highest BCUT2D eigenvalue weighted by Crippen LogP contribution is 2.53. The van der Waals surface area contributed by atoms with E-state index in [4.69, 9.17) is 9.97 Å². The Morgan fingerprint density at radius 2 is 1.13 bits per heavy atom. The highest BCUT2D eigenvalue weighted by Gasteiger charge is 2.37. The molecular formula is C44H31N3. The molecule has 0 unspecified atom stereocenters. The molecule has 2 heterocycles. The van der Waals surface area contributed by atoms with Crippen molar-refractivity contribution in [1.82, 2.24) is 15.0 Å². The molecule has 9 rings (SSSR count). The third-order valence-corrected chi connectivity index (χ3v) is 9.71. The molecule has 0 saturated heterocycles. The summed E-state index contributed by atoms with van der Waals surface area (Å²) in [7, 11) is 0. The first kappa shape index (κ1) is 27.4. The summed E-state index contributed by atoms with van der Waals surface area (Å²) >= 11 is 0. The van der Waals surface area contributed by atoms with E-state index in [1.54, 1.807) is 0 Å². The first-order valence-corrected chi connectivity index (χ1v) is 16.1. The van der Waals surface area contributed by atoms with Crippen LogP contribution in [0.1, 0.15) is 25.0 Å². The van der Waals surface area contributed by atoms with Gasteiger partial charge in [0.2, 0.25) is 0 Å². The summed E-state index contributed by atoms with van der Waals surface area (Å²) in [4.78, 5) is 14.6. The van der Waals surface area contributed by atoms with Gasteiger partial charge in [0.25, 0.3) is 0 Å². The van der Waals surface area contributed by atoms with E-state index in [-0.39, 0.29) is 5.41 Å². The molecule has 8 aromatic rings. The molecule has 0 saturated carbocycles. The molecule has 0 spiro atoms. The molecule has 0 fully saturated rings. The van der Waals surface area contributed by atoms with Crippen LogP contribution >= 0.6 is 0 Å². The number of rotatable bonds is 4. The normalized spacial score (nSPS) is 13.1. The lowest BCUT2D eigenvalue weighted by Crippen LogP contribution is -2.14. The van der Waals surface area contributed by atoms with Crippen molar-refractivity contribution in [2.75, 3.05) is 0 Å². The van der Waals surface area contributed by atoms with Crippen LogP contribution in [-0.4, -0.2) is 15.0 Å². The van der Waals surface area contributed by atoms with Crippen molar-refractivity contribution in [3.8, 4) is 56.2 Å². The van der Waals surface area contributed by atoms with E-state index in [0.29, 0.717) is 5.82 Å². The van der Waals surface area contributed by atoms with Gasteiger partial charge in [-0.25, -0.2) is 9.97 Å². The number of aromatic nitrogens is 3. The van der Waals surface area contributed by atoms with E-state index in [1.165, 1.54) is 44.2 Å². The van der Waals surface area contributed by atoms with E-state index in [0.717, 1.165) is 39.0 Å². The van der Waals surface area contributed by atoms with Crippen LogP contribution in [0.2, 0.25) is 0 Å². The van der Waals surface area contributed by atoms with Crippen molar-refractivity contribution in [2.24, 2.45) is 0 Å². The highest BCUT2D eigenvalue weighted by atomic mass is 14.9. The van der Waals surface area contributed by atoms with E-state index in [9.17, 15) is 0 Å². The van der Waals surface area contributed by atoms with E-state index < -0.39 is 0 Å². The van der Waals surface area contributed by atoms with Crippen LogP contribution in [0.15, 0.2) is 152 Å². The van der Waals surface area contributed by atoms with E-state index in [1.807, 2.05) is 30.5 Å². The molecule has 0 aliphatic heterocycles. The van der Waals surface area contributed by atoms with Crippen LogP contribution in [0.5, 0.6) is 0 Å². The van der Waals surface area contributed by atoms with Crippen molar-refractivity contribution < 1.29 is 0 Å². The van der Waals surface area contributed by atoms with Crippen molar-refractivity contribution in [3.63, 3.8) is 0 Å². The Morgan fingerprint density at radius 3 is 1.94 bits per heavy atom. The zero-order valence-electron chi connectivity index (χ0n) is 26.3. The second kappa shape index (κ2) is 10.6. The molecule has 1 aliphatic rings. The van der Waals surface area contributed by atoms with Gasteiger partial charge in [0, 0.05) is 33.7 Å². The first-order chi connectivity index (χ1) is 23.0. The SMILES string of the molecule is CC1(C)c2cc3ccccc3cc2-c2c(-c3ccc(-c4cc(-c5ccc6ncccc6c5)nc(-c5ccccc5)n4)cc3)cccc21. The number of nitrogens with zero attached hydrogens (tertiary/aromatic N) is 3. The summed E-state index contributed by atoms with van der Waals surface area (Å²) in [6, 6.07) is 51.8. The standard InChI is InChI=1S/C44H31N3/c1-44(2)37-16-8-15-35(42(37)36-25-31-12-6-7-13-32(31)26-38(36)44)28-17-19-29(20-18-28)40-27-41(47-43(46-40)30-10-4-3-5-11-30)34-21-22-39-33(24-34)14-9-23-45-39/h3-27H,1-2H3. The number of benzene rings is 6. The highest BCUT2D eigenvalue weighted by molar-refractivity contribution is 5.98. The average molecular weight is 602 g/mol. The minimum atomic E-state index is -0.0747. The summed E-state index contributed by atoms with van der Waals surface area (Å²) in [6.07, 6.45) is 1.83. The lowest BCUT2D eigenvalue weighted by molar-refractivity contribution is 0.661. The fourth-order valence-electron chi connectivity index (χ4n) is 7.23. The summed E-state index contributed by atoms with van der Waals surface area (Å²) < 4.78 is 0. The Balaban J connectivity index is 1.16. The fraction of sp³-hybridized carbons (Fsp3) is 0.0682. The van der Waals surface area contributed by atoms with E-state index >= 15 is 0 Å². The van der Waals surface area contributed by atoms with Crippen molar-refractivity contribution in [3.05, 3.63) is 163 Å². The number of pyridine rings is 1. The van der Waals surface area contributed by atoms with Gasteiger partial charge in [-0.05, 0) is 80.6 Å². The van der Waals surface area contributed by atoms with Crippen LogP contribution in [0.4, 0.5) is 0 Å². The molecule has 0 atom stereocenters. The fourth-order valence-corrected chi connectivity index (χ4v) is 7.23. The largest absolute Gasteiger partial charge is 0.256 e. The molecule has 1 aliphatic carbocycles. The van der Waals surface area contributed by atoms with Gasteiger partial charge >= 0.3 is 0 Å². The van der Waals surface area contributed by atoms with Gasteiger partial charge in [-0.3, -0.25) is 4.98 Å². The molecule has 2 aromatic heterocycles. The summed E-state index contributed by atoms with van der Waals surface area (Å²) in [5.74, 6) is 0.709. The Kier molecular flexibility index (Phi) is 6.16. The van der Waals surface area contributed by atoms with Crippen LogP contribution in [-0.2, 0) is 5.41 Å². The van der Waals surface area contributed by atoms with E-state index in [2.05, 4.69) is 140 Å². The lowest BCUT2D eigenvalue weighted by atomic mass is 9.81. The Hall–Kier alpha value is -5.93. The van der Waals surface area contributed by atoms with Crippen molar-refractivity contribution >= 4 is 21.7 Å². The van der Waals surface area contributed by atoms with Crippen LogP contribution in [0.3, 0.4) is 0 Å². The Bertz CT molecular complexity index is 2480. The van der Waals surface area contributed by atoms with Gasteiger partial charge in [0.15, 0.2) is 5.82 Å². The van der Waals surface area contributed by atoms with Gasteiger partial charge < -0.3 is 0 Å². The third kappa shape index (κ3) is 4.54. The van der Waals surface area contributed by atoms with Gasteiger partial charge in [0.05, 0.1) is 16.9 Å². The summed E-state index contributed by atoms with van der Waals surface area (Å²) in [5.41, 5.74) is 13.6. The van der Waals surface area contributed by atoms with Gasteiger partial charge in [0.1, 0.15) is 0 Å². The lowest BCUT2D eigenvalue weighted by Gasteiger charge is -2.22. The predicted octanol–water partition coefficient (Wildman–Crippen LogP) is 11.2. The van der Waals surface area contributed by atoms with Crippen LogP contribution < -0.4 is 0 Å². The molecule has 3 heteroatoms. The van der Waals surface area contributed by atoms with Gasteiger partial charge in [-0.15, -0.1) is 0 Å². The second-order valence-corrected chi connectivity index (χ2v) is 12.9.